The number of aliphatic hydroxyl groups is 1. The van der Waals surface area contributed by atoms with Crippen molar-refractivity contribution in [3.63, 3.8) is 0 Å². The lowest BCUT2D eigenvalue weighted by Crippen LogP contribution is -2.47. The number of benzene rings is 1. The van der Waals surface area contributed by atoms with Crippen molar-refractivity contribution in [2.45, 2.75) is 57.6 Å². The van der Waals surface area contributed by atoms with Gasteiger partial charge in [-0.15, -0.1) is 0 Å². The van der Waals surface area contributed by atoms with Gasteiger partial charge in [0.25, 0.3) is 0 Å². The summed E-state index contributed by atoms with van der Waals surface area (Å²) in [6, 6.07) is 1.38. The van der Waals surface area contributed by atoms with E-state index < -0.39 is 41.6 Å². The molecule has 3 rings (SSSR count). The number of amides is 2. The first kappa shape index (κ1) is 23.5. The van der Waals surface area contributed by atoms with Crippen LogP contribution in [0.3, 0.4) is 0 Å². The van der Waals surface area contributed by atoms with E-state index in [-0.39, 0.29) is 56.1 Å². The predicted octanol–water partition coefficient (Wildman–Crippen LogP) is 2.01. The Labute approximate surface area is 173 Å². The highest BCUT2D eigenvalue weighted by Crippen LogP contribution is 2.33. The molecular formula is C20H27F2N3O5. The van der Waals surface area contributed by atoms with E-state index in [0.717, 1.165) is 12.1 Å². The van der Waals surface area contributed by atoms with E-state index in [1.54, 1.807) is 0 Å². The van der Waals surface area contributed by atoms with E-state index in [0.29, 0.717) is 0 Å². The number of nitrogens with one attached hydrogen (secondary N) is 2. The van der Waals surface area contributed by atoms with E-state index in [2.05, 4.69) is 10.6 Å². The molecule has 0 spiro atoms. The Hall–Kier alpha value is -2.75. The largest absolute Gasteiger partial charge is 0.481 e. The Bertz CT molecular complexity index is 787. The van der Waals surface area contributed by atoms with Crippen LogP contribution >= 0.6 is 0 Å². The van der Waals surface area contributed by atoms with Crippen LogP contribution in [0.1, 0.15) is 46.0 Å². The van der Waals surface area contributed by atoms with Crippen molar-refractivity contribution >= 4 is 29.2 Å². The van der Waals surface area contributed by atoms with Gasteiger partial charge in [-0.05, 0) is 31.4 Å². The lowest BCUT2D eigenvalue weighted by molar-refractivity contribution is -0.143. The fourth-order valence-electron chi connectivity index (χ4n) is 3.59. The van der Waals surface area contributed by atoms with Crippen LogP contribution in [0.4, 0.5) is 20.2 Å². The molecule has 4 N–H and O–H groups in total. The third-order valence-electron chi connectivity index (χ3n) is 5.09. The minimum absolute atomic E-state index is 0.0765. The SMILES string of the molecule is CC.O=C(O)CC1(O)CCN(c2c(F)cc(NC3CCC(=O)NC3=O)cc2F)CC1. The van der Waals surface area contributed by atoms with Gasteiger partial charge in [-0.3, -0.25) is 19.7 Å². The number of aliphatic carboxylic acids is 1. The van der Waals surface area contributed by atoms with Crippen molar-refractivity contribution in [2.24, 2.45) is 0 Å². The summed E-state index contributed by atoms with van der Waals surface area (Å²) >= 11 is 0. The van der Waals surface area contributed by atoms with Crippen LogP contribution in [-0.2, 0) is 14.4 Å². The molecule has 0 aromatic heterocycles. The zero-order valence-electron chi connectivity index (χ0n) is 17.0. The number of carbonyl (C=O) groups excluding carboxylic acids is 2. The third-order valence-corrected chi connectivity index (χ3v) is 5.09. The van der Waals surface area contributed by atoms with E-state index in [9.17, 15) is 28.3 Å². The average Bonchev–Trinajstić information content (AvgIpc) is 2.66. The van der Waals surface area contributed by atoms with Gasteiger partial charge in [-0.1, -0.05) is 13.8 Å². The second-order valence-electron chi connectivity index (χ2n) is 7.22. The number of halogens is 2. The summed E-state index contributed by atoms with van der Waals surface area (Å²) < 4.78 is 29.2. The normalized spacial score (nSPS) is 20.7. The van der Waals surface area contributed by atoms with Gasteiger partial charge in [0.15, 0.2) is 11.6 Å². The average molecular weight is 427 g/mol. The summed E-state index contributed by atoms with van der Waals surface area (Å²) in [7, 11) is 0. The first-order valence-corrected chi connectivity index (χ1v) is 9.95. The highest BCUT2D eigenvalue weighted by molar-refractivity contribution is 6.01. The first-order chi connectivity index (χ1) is 14.2. The fourth-order valence-corrected chi connectivity index (χ4v) is 3.59. The Morgan fingerprint density at radius 1 is 1.23 bits per heavy atom. The van der Waals surface area contributed by atoms with E-state index in [1.807, 2.05) is 13.8 Å². The van der Waals surface area contributed by atoms with Gasteiger partial charge in [-0.25, -0.2) is 8.78 Å². The zero-order chi connectivity index (χ0) is 22.5. The van der Waals surface area contributed by atoms with Crippen molar-refractivity contribution in [1.82, 2.24) is 5.32 Å². The summed E-state index contributed by atoms with van der Waals surface area (Å²) in [5.74, 6) is -3.73. The Kier molecular flexibility index (Phi) is 7.71. The van der Waals surface area contributed by atoms with Crippen LogP contribution in [0.25, 0.3) is 0 Å². The summed E-state index contributed by atoms with van der Waals surface area (Å²) in [4.78, 5) is 35.2. The smallest absolute Gasteiger partial charge is 0.306 e. The molecule has 2 heterocycles. The molecule has 30 heavy (non-hydrogen) atoms. The van der Waals surface area contributed by atoms with Crippen LogP contribution < -0.4 is 15.5 Å². The lowest BCUT2D eigenvalue weighted by Gasteiger charge is -2.38. The Morgan fingerprint density at radius 2 is 1.80 bits per heavy atom. The van der Waals surface area contributed by atoms with Crippen molar-refractivity contribution < 1.29 is 33.4 Å². The monoisotopic (exact) mass is 427 g/mol. The molecule has 0 saturated carbocycles. The molecule has 0 bridgehead atoms. The van der Waals surface area contributed by atoms with Crippen LogP contribution in [0.15, 0.2) is 12.1 Å². The number of carboxylic acids is 1. The molecule has 2 aliphatic heterocycles. The molecule has 2 aliphatic rings. The number of rotatable bonds is 5. The van der Waals surface area contributed by atoms with Crippen molar-refractivity contribution in [2.75, 3.05) is 23.3 Å². The van der Waals surface area contributed by atoms with Crippen LogP contribution in [0.5, 0.6) is 0 Å². The minimum atomic E-state index is -1.39. The molecule has 8 nitrogen and oxygen atoms in total. The number of carboxylic acid groups (broad SMARTS) is 1. The summed E-state index contributed by atoms with van der Waals surface area (Å²) in [6.07, 6.45) is 0.104. The Balaban J connectivity index is 0.00000155. The maximum atomic E-state index is 14.6. The fraction of sp³-hybridized carbons (Fsp3) is 0.550. The molecule has 166 valence electrons. The number of hydrogen-bond acceptors (Lipinski definition) is 6. The molecule has 2 amide bonds. The van der Waals surface area contributed by atoms with E-state index in [1.165, 1.54) is 4.90 Å². The van der Waals surface area contributed by atoms with E-state index in [4.69, 9.17) is 5.11 Å². The maximum absolute atomic E-state index is 14.6. The summed E-state index contributed by atoms with van der Waals surface area (Å²) in [5, 5.41) is 24.0. The van der Waals surface area contributed by atoms with Gasteiger partial charge in [0, 0.05) is 25.2 Å². The van der Waals surface area contributed by atoms with Crippen molar-refractivity contribution in [1.29, 1.82) is 0 Å². The molecule has 0 aliphatic carbocycles. The standard InChI is InChI=1S/C18H21F2N3O5.C2H6/c19-11-7-10(21-13-1-2-14(24)22-17(13)27)8-12(20)16(11)23-5-3-18(28,4-6-23)9-15(25)26;1-2/h7-8,13,21,28H,1-6,9H2,(H,25,26)(H,22,24,27);1-2H3. The number of nitrogens with zero attached hydrogens (tertiary/aromatic N) is 1. The van der Waals surface area contributed by atoms with E-state index >= 15 is 0 Å². The highest BCUT2D eigenvalue weighted by atomic mass is 19.1. The molecule has 2 saturated heterocycles. The molecule has 1 atom stereocenters. The molecule has 1 aromatic carbocycles. The van der Waals surface area contributed by atoms with Gasteiger partial charge in [0.1, 0.15) is 11.7 Å². The Morgan fingerprint density at radius 3 is 2.30 bits per heavy atom. The maximum Gasteiger partial charge on any atom is 0.306 e. The lowest BCUT2D eigenvalue weighted by atomic mass is 9.88. The number of carbonyl (C=O) groups is 3. The minimum Gasteiger partial charge on any atom is -0.481 e. The molecule has 2 fully saturated rings. The van der Waals surface area contributed by atoms with Crippen LogP contribution in [0.2, 0.25) is 0 Å². The number of anilines is 2. The van der Waals surface area contributed by atoms with Gasteiger partial charge >= 0.3 is 5.97 Å². The zero-order valence-corrected chi connectivity index (χ0v) is 17.0. The first-order valence-electron chi connectivity index (χ1n) is 9.95. The molecular weight excluding hydrogens is 400 g/mol. The van der Waals surface area contributed by atoms with Gasteiger partial charge < -0.3 is 20.4 Å². The van der Waals surface area contributed by atoms with Gasteiger partial charge in [0.05, 0.1) is 12.0 Å². The summed E-state index contributed by atoms with van der Waals surface area (Å²) in [5.41, 5.74) is -1.57. The third kappa shape index (κ3) is 5.65. The molecule has 10 heteroatoms. The van der Waals surface area contributed by atoms with Crippen molar-refractivity contribution in [3.8, 4) is 0 Å². The molecule has 0 radical (unpaired) electrons. The topological polar surface area (TPSA) is 119 Å². The second kappa shape index (κ2) is 9.84. The quantitative estimate of drug-likeness (QED) is 0.531. The number of hydrogen-bond donors (Lipinski definition) is 4. The highest BCUT2D eigenvalue weighted by Gasteiger charge is 2.36. The van der Waals surface area contributed by atoms with Crippen LogP contribution in [-0.4, -0.2) is 52.7 Å². The van der Waals surface area contributed by atoms with Gasteiger partial charge in [0.2, 0.25) is 11.8 Å². The predicted molar refractivity (Wildman–Crippen MR) is 106 cm³/mol. The van der Waals surface area contributed by atoms with Crippen molar-refractivity contribution in [3.05, 3.63) is 23.8 Å². The second-order valence-corrected chi connectivity index (χ2v) is 7.22. The molecule has 1 unspecified atom stereocenters. The summed E-state index contributed by atoms with van der Waals surface area (Å²) in [6.45, 7) is 4.22. The number of imide groups is 1. The molecule has 1 aromatic rings. The number of piperidine rings is 2. The van der Waals surface area contributed by atoms with Crippen LogP contribution in [0, 0.1) is 11.6 Å². The van der Waals surface area contributed by atoms with Gasteiger partial charge in [-0.2, -0.15) is 0 Å².